The van der Waals surface area contributed by atoms with E-state index in [1.807, 2.05) is 42.5 Å². The molecule has 2 heterocycles. The molecule has 20 heavy (non-hydrogen) atoms. The quantitative estimate of drug-likeness (QED) is 0.786. The van der Waals surface area contributed by atoms with Gasteiger partial charge in [-0.1, -0.05) is 18.2 Å². The predicted molar refractivity (Wildman–Crippen MR) is 79.5 cm³/mol. The van der Waals surface area contributed by atoms with Crippen molar-refractivity contribution in [1.82, 2.24) is 24.9 Å². The maximum absolute atomic E-state index is 4.61. The number of aromatic nitrogens is 4. The molecule has 0 aliphatic carbocycles. The molecule has 0 saturated carbocycles. The van der Waals surface area contributed by atoms with E-state index < -0.39 is 0 Å². The molecule has 0 aliphatic heterocycles. The third-order valence-corrected chi connectivity index (χ3v) is 3.56. The zero-order valence-corrected chi connectivity index (χ0v) is 12.1. The van der Waals surface area contributed by atoms with E-state index in [2.05, 4.69) is 33.8 Å². The smallest absolute Gasteiger partial charge is 0.0918 e. The second-order valence-electron chi connectivity index (χ2n) is 5.06. The van der Waals surface area contributed by atoms with Crippen LogP contribution in [0, 0.1) is 6.92 Å². The molecule has 5 nitrogen and oxygen atoms in total. The predicted octanol–water partition coefficient (Wildman–Crippen LogP) is 1.85. The molecule has 0 atom stereocenters. The fraction of sp³-hybridized carbons (Fsp3) is 0.333. The molecular formula is C15H19N5. The summed E-state index contributed by atoms with van der Waals surface area (Å²) in [6.45, 7) is 3.58. The molecule has 0 saturated heterocycles. The lowest BCUT2D eigenvalue weighted by Crippen LogP contribution is -2.05. The van der Waals surface area contributed by atoms with E-state index in [-0.39, 0.29) is 0 Å². The monoisotopic (exact) mass is 269 g/mol. The molecule has 0 bridgehead atoms. The van der Waals surface area contributed by atoms with Crippen LogP contribution in [-0.4, -0.2) is 26.6 Å². The summed E-state index contributed by atoms with van der Waals surface area (Å²) in [6, 6.07) is 8.29. The van der Waals surface area contributed by atoms with Crippen LogP contribution >= 0.6 is 0 Å². The summed E-state index contributed by atoms with van der Waals surface area (Å²) in [5.74, 6) is 0. The maximum atomic E-state index is 4.61. The minimum atomic E-state index is 0.700. The molecule has 3 rings (SSSR count). The average Bonchev–Trinajstić information content (AvgIpc) is 2.93. The molecular weight excluding hydrogens is 250 g/mol. The topological polar surface area (TPSA) is 47.7 Å². The Morgan fingerprint density at radius 1 is 1.20 bits per heavy atom. The number of nitrogens with one attached hydrogen (secondary N) is 1. The van der Waals surface area contributed by atoms with Gasteiger partial charge >= 0.3 is 0 Å². The van der Waals surface area contributed by atoms with Gasteiger partial charge in [-0.05, 0) is 20.0 Å². The number of hydrogen-bond donors (Lipinski definition) is 1. The first-order valence-corrected chi connectivity index (χ1v) is 6.77. The minimum absolute atomic E-state index is 0.700. The van der Waals surface area contributed by atoms with Crippen molar-refractivity contribution in [3.63, 3.8) is 0 Å². The number of benzene rings is 1. The van der Waals surface area contributed by atoms with Gasteiger partial charge in [0.15, 0.2) is 0 Å². The Hall–Kier alpha value is -2.14. The Bertz CT molecular complexity index is 738. The van der Waals surface area contributed by atoms with Gasteiger partial charge < -0.3 is 5.32 Å². The van der Waals surface area contributed by atoms with Crippen LogP contribution < -0.4 is 5.32 Å². The lowest BCUT2D eigenvalue weighted by Gasteiger charge is -1.98. The number of hydrogen-bond acceptors (Lipinski definition) is 3. The van der Waals surface area contributed by atoms with Crippen molar-refractivity contribution >= 4 is 10.9 Å². The first-order valence-electron chi connectivity index (χ1n) is 6.77. The minimum Gasteiger partial charge on any atom is -0.316 e. The van der Waals surface area contributed by atoms with Gasteiger partial charge in [-0.25, -0.2) is 0 Å². The molecule has 0 aliphatic rings. The van der Waals surface area contributed by atoms with Gasteiger partial charge in [0, 0.05) is 30.7 Å². The first-order chi connectivity index (χ1) is 9.69. The van der Waals surface area contributed by atoms with Gasteiger partial charge in [0.2, 0.25) is 0 Å². The third kappa shape index (κ3) is 2.20. The SMILES string of the molecule is CNCc1cn(Cc2nn(C)c3ccccc23)nc1C. The molecule has 0 unspecified atom stereocenters. The normalized spacial score (nSPS) is 11.3. The van der Waals surface area contributed by atoms with Crippen LogP contribution in [0.3, 0.4) is 0 Å². The molecule has 3 aromatic rings. The highest BCUT2D eigenvalue weighted by Gasteiger charge is 2.10. The van der Waals surface area contributed by atoms with E-state index in [1.54, 1.807) is 0 Å². The summed E-state index contributed by atoms with van der Waals surface area (Å²) in [5.41, 5.74) is 4.51. The van der Waals surface area contributed by atoms with Gasteiger partial charge in [-0.15, -0.1) is 0 Å². The number of rotatable bonds is 4. The van der Waals surface area contributed by atoms with Crippen molar-refractivity contribution in [3.8, 4) is 0 Å². The Labute approximate surface area is 118 Å². The summed E-state index contributed by atoms with van der Waals surface area (Å²) in [4.78, 5) is 0. The van der Waals surface area contributed by atoms with Crippen molar-refractivity contribution in [2.24, 2.45) is 7.05 Å². The Balaban J connectivity index is 1.95. The molecule has 5 heteroatoms. The fourth-order valence-corrected chi connectivity index (χ4v) is 2.56. The summed E-state index contributed by atoms with van der Waals surface area (Å²) in [6.07, 6.45) is 2.09. The van der Waals surface area contributed by atoms with Gasteiger partial charge in [0.1, 0.15) is 0 Å². The van der Waals surface area contributed by atoms with Crippen LogP contribution in [0.1, 0.15) is 17.0 Å². The summed E-state index contributed by atoms with van der Waals surface area (Å²) >= 11 is 0. The highest BCUT2D eigenvalue weighted by Crippen LogP contribution is 2.18. The Morgan fingerprint density at radius 2 is 2.00 bits per heavy atom. The van der Waals surface area contributed by atoms with Crippen LogP contribution in [-0.2, 0) is 20.1 Å². The van der Waals surface area contributed by atoms with Crippen LogP contribution in [0.15, 0.2) is 30.5 Å². The lowest BCUT2D eigenvalue weighted by molar-refractivity contribution is 0.650. The standard InChI is InChI=1S/C15H19N5/c1-11-12(8-16-2)9-20(17-11)10-14-13-6-4-5-7-15(13)19(3)18-14/h4-7,9,16H,8,10H2,1-3H3. The number of para-hydroxylation sites is 1. The summed E-state index contributed by atoms with van der Waals surface area (Å²) in [7, 11) is 3.93. The molecule has 2 aromatic heterocycles. The van der Waals surface area contributed by atoms with E-state index in [0.29, 0.717) is 6.54 Å². The van der Waals surface area contributed by atoms with E-state index in [0.717, 1.165) is 23.4 Å². The van der Waals surface area contributed by atoms with Gasteiger partial charge in [-0.3, -0.25) is 9.36 Å². The van der Waals surface area contributed by atoms with Crippen LogP contribution in [0.4, 0.5) is 0 Å². The number of fused-ring (bicyclic) bond motifs is 1. The highest BCUT2D eigenvalue weighted by molar-refractivity contribution is 5.81. The molecule has 0 amide bonds. The highest BCUT2D eigenvalue weighted by atomic mass is 15.3. The summed E-state index contributed by atoms with van der Waals surface area (Å²) < 4.78 is 3.90. The molecule has 1 aromatic carbocycles. The first kappa shape index (κ1) is 12.9. The second kappa shape index (κ2) is 5.09. The molecule has 1 N–H and O–H groups in total. The van der Waals surface area contributed by atoms with Gasteiger partial charge in [-0.2, -0.15) is 10.2 Å². The van der Waals surface area contributed by atoms with Gasteiger partial charge in [0.25, 0.3) is 0 Å². The molecule has 0 spiro atoms. The van der Waals surface area contributed by atoms with Crippen molar-refractivity contribution < 1.29 is 0 Å². The van der Waals surface area contributed by atoms with Crippen molar-refractivity contribution in [2.45, 2.75) is 20.0 Å². The van der Waals surface area contributed by atoms with Crippen LogP contribution in [0.5, 0.6) is 0 Å². The molecule has 0 fully saturated rings. The zero-order valence-electron chi connectivity index (χ0n) is 12.1. The average molecular weight is 269 g/mol. The summed E-state index contributed by atoms with van der Waals surface area (Å²) in [5, 5.41) is 13.5. The molecule has 104 valence electrons. The number of aryl methyl sites for hydroxylation is 2. The van der Waals surface area contributed by atoms with Crippen LogP contribution in [0.2, 0.25) is 0 Å². The fourth-order valence-electron chi connectivity index (χ4n) is 2.56. The molecule has 0 radical (unpaired) electrons. The van der Waals surface area contributed by atoms with E-state index in [1.165, 1.54) is 10.9 Å². The second-order valence-corrected chi connectivity index (χ2v) is 5.06. The Morgan fingerprint density at radius 3 is 2.80 bits per heavy atom. The van der Waals surface area contributed by atoms with E-state index in [9.17, 15) is 0 Å². The van der Waals surface area contributed by atoms with Crippen molar-refractivity contribution in [1.29, 1.82) is 0 Å². The zero-order chi connectivity index (χ0) is 14.1. The van der Waals surface area contributed by atoms with Crippen LogP contribution in [0.25, 0.3) is 10.9 Å². The Kier molecular flexibility index (Phi) is 3.28. The lowest BCUT2D eigenvalue weighted by atomic mass is 10.2. The largest absolute Gasteiger partial charge is 0.316 e. The van der Waals surface area contributed by atoms with Crippen molar-refractivity contribution in [2.75, 3.05) is 7.05 Å². The van der Waals surface area contributed by atoms with E-state index in [4.69, 9.17) is 0 Å². The van der Waals surface area contributed by atoms with E-state index >= 15 is 0 Å². The van der Waals surface area contributed by atoms with Crippen molar-refractivity contribution in [3.05, 3.63) is 47.4 Å². The van der Waals surface area contributed by atoms with Gasteiger partial charge in [0.05, 0.1) is 23.4 Å². The third-order valence-electron chi connectivity index (χ3n) is 3.56. The maximum Gasteiger partial charge on any atom is 0.0918 e. The number of nitrogens with zero attached hydrogens (tertiary/aromatic N) is 4.